The third-order valence-electron chi connectivity index (χ3n) is 4.39. The van der Waals surface area contributed by atoms with E-state index in [-0.39, 0.29) is 17.4 Å². The molecule has 126 valence electrons. The first-order chi connectivity index (χ1) is 11.0. The van der Waals surface area contributed by atoms with Crippen molar-refractivity contribution in [3.63, 3.8) is 0 Å². The highest BCUT2D eigenvalue weighted by molar-refractivity contribution is 7.89. The molecule has 7 heteroatoms. The molecule has 0 aliphatic carbocycles. The van der Waals surface area contributed by atoms with Crippen molar-refractivity contribution < 1.29 is 17.9 Å². The zero-order chi connectivity index (χ0) is 16.4. The number of piperidine rings is 1. The summed E-state index contributed by atoms with van der Waals surface area (Å²) in [6.45, 7) is 4.30. The second-order valence-electron chi connectivity index (χ2n) is 6.20. The fourth-order valence-electron chi connectivity index (χ4n) is 3.10. The van der Waals surface area contributed by atoms with Crippen LogP contribution in [0.3, 0.4) is 0 Å². The number of morpholine rings is 1. The molecule has 3 rings (SSSR count). The molecule has 23 heavy (non-hydrogen) atoms. The van der Waals surface area contributed by atoms with Crippen molar-refractivity contribution in [1.29, 1.82) is 0 Å². The highest BCUT2D eigenvalue weighted by Crippen LogP contribution is 2.25. The zero-order valence-corrected chi connectivity index (χ0v) is 14.1. The monoisotopic (exact) mass is 338 g/mol. The number of rotatable bonds is 3. The van der Waals surface area contributed by atoms with Gasteiger partial charge in [-0.05, 0) is 43.0 Å². The van der Waals surface area contributed by atoms with Gasteiger partial charge in [-0.3, -0.25) is 4.79 Å². The first-order valence-electron chi connectivity index (χ1n) is 7.97. The van der Waals surface area contributed by atoms with Crippen LogP contribution in [0.1, 0.15) is 19.8 Å². The number of hydrogen-bond donors (Lipinski definition) is 0. The van der Waals surface area contributed by atoms with Crippen LogP contribution in [0.15, 0.2) is 29.2 Å². The topological polar surface area (TPSA) is 66.9 Å². The summed E-state index contributed by atoms with van der Waals surface area (Å²) in [5, 5.41) is 0. The van der Waals surface area contributed by atoms with Gasteiger partial charge in [-0.25, -0.2) is 8.42 Å². The molecule has 2 aliphatic rings. The van der Waals surface area contributed by atoms with Gasteiger partial charge >= 0.3 is 0 Å². The molecule has 0 radical (unpaired) electrons. The first kappa shape index (κ1) is 16.4. The molecule has 1 aromatic rings. The van der Waals surface area contributed by atoms with Gasteiger partial charge in [0.25, 0.3) is 5.91 Å². The van der Waals surface area contributed by atoms with Crippen molar-refractivity contribution in [3.05, 3.63) is 24.3 Å². The van der Waals surface area contributed by atoms with E-state index in [2.05, 4.69) is 6.92 Å². The summed E-state index contributed by atoms with van der Waals surface area (Å²) >= 11 is 0. The normalized spacial score (nSPS) is 24.0. The summed E-state index contributed by atoms with van der Waals surface area (Å²) in [5.41, 5.74) is 0.712. The maximum atomic E-state index is 12.7. The predicted octanol–water partition coefficient (Wildman–Crippen LogP) is 1.47. The number of ether oxygens (including phenoxy) is 1. The number of nitrogens with zero attached hydrogens (tertiary/aromatic N) is 2. The Hall–Kier alpha value is -1.44. The van der Waals surface area contributed by atoms with Crippen molar-refractivity contribution in [2.45, 2.75) is 24.7 Å². The number of anilines is 1. The molecular weight excluding hydrogens is 316 g/mol. The number of hydrogen-bond acceptors (Lipinski definition) is 4. The van der Waals surface area contributed by atoms with Gasteiger partial charge in [-0.1, -0.05) is 6.92 Å². The Labute approximate surface area is 137 Å². The van der Waals surface area contributed by atoms with Gasteiger partial charge in [0, 0.05) is 25.3 Å². The molecule has 1 atom stereocenters. The van der Waals surface area contributed by atoms with Crippen LogP contribution in [0.25, 0.3) is 0 Å². The number of amides is 1. The van der Waals surface area contributed by atoms with E-state index >= 15 is 0 Å². The summed E-state index contributed by atoms with van der Waals surface area (Å²) in [4.78, 5) is 13.8. The van der Waals surface area contributed by atoms with E-state index in [0.717, 1.165) is 12.8 Å². The molecule has 2 aliphatic heterocycles. The lowest BCUT2D eigenvalue weighted by molar-refractivity contribution is -0.125. The lowest BCUT2D eigenvalue weighted by Gasteiger charge is -2.30. The number of sulfonamides is 1. The Morgan fingerprint density at radius 3 is 2.57 bits per heavy atom. The fraction of sp³-hybridized carbons (Fsp3) is 0.562. The van der Waals surface area contributed by atoms with Crippen molar-refractivity contribution in [2.75, 3.05) is 37.7 Å². The Kier molecular flexibility index (Phi) is 4.70. The Bertz CT molecular complexity index is 672. The Morgan fingerprint density at radius 2 is 1.91 bits per heavy atom. The summed E-state index contributed by atoms with van der Waals surface area (Å²) in [7, 11) is -3.45. The standard InChI is InChI=1S/C16H22N2O4S/c1-13-3-2-8-17(11-13)23(20,21)15-6-4-14(5-7-15)18-9-10-22-12-16(18)19/h4-7,13H,2-3,8-12H2,1H3. The SMILES string of the molecule is CC1CCCN(S(=O)(=O)c2ccc(N3CCOCC3=O)cc2)C1. The van der Waals surface area contributed by atoms with Crippen LogP contribution in [0.2, 0.25) is 0 Å². The minimum Gasteiger partial charge on any atom is -0.370 e. The fourth-order valence-corrected chi connectivity index (χ4v) is 4.70. The molecule has 0 bridgehead atoms. The molecule has 6 nitrogen and oxygen atoms in total. The smallest absolute Gasteiger partial charge is 0.253 e. The molecule has 1 aromatic carbocycles. The van der Waals surface area contributed by atoms with E-state index in [0.29, 0.717) is 37.8 Å². The van der Waals surface area contributed by atoms with Gasteiger partial charge in [0.2, 0.25) is 10.0 Å². The van der Waals surface area contributed by atoms with Crippen molar-refractivity contribution in [3.8, 4) is 0 Å². The van der Waals surface area contributed by atoms with Gasteiger partial charge in [-0.2, -0.15) is 4.31 Å². The first-order valence-corrected chi connectivity index (χ1v) is 9.41. The van der Waals surface area contributed by atoms with Crippen molar-refractivity contribution in [2.24, 2.45) is 5.92 Å². The van der Waals surface area contributed by atoms with Gasteiger partial charge in [0.05, 0.1) is 11.5 Å². The van der Waals surface area contributed by atoms with Crippen LogP contribution in [0.5, 0.6) is 0 Å². The van der Waals surface area contributed by atoms with E-state index in [4.69, 9.17) is 4.74 Å². The Morgan fingerprint density at radius 1 is 1.17 bits per heavy atom. The van der Waals surface area contributed by atoms with Crippen LogP contribution in [-0.2, 0) is 19.6 Å². The highest BCUT2D eigenvalue weighted by atomic mass is 32.2. The van der Waals surface area contributed by atoms with E-state index in [9.17, 15) is 13.2 Å². The van der Waals surface area contributed by atoms with Gasteiger partial charge < -0.3 is 9.64 Å². The molecule has 2 heterocycles. The molecular formula is C16H22N2O4S. The van der Waals surface area contributed by atoms with Crippen LogP contribution in [0, 0.1) is 5.92 Å². The molecule has 1 unspecified atom stereocenters. The molecule has 0 saturated carbocycles. The van der Waals surface area contributed by atoms with Gasteiger partial charge in [0.1, 0.15) is 6.61 Å². The molecule has 0 aromatic heterocycles. The number of benzene rings is 1. The predicted molar refractivity (Wildman–Crippen MR) is 86.8 cm³/mol. The minimum atomic E-state index is -3.45. The second kappa shape index (κ2) is 6.59. The lowest BCUT2D eigenvalue weighted by atomic mass is 10.0. The maximum absolute atomic E-state index is 12.7. The van der Waals surface area contributed by atoms with E-state index < -0.39 is 10.0 Å². The average molecular weight is 338 g/mol. The van der Waals surface area contributed by atoms with E-state index in [1.54, 1.807) is 33.5 Å². The maximum Gasteiger partial charge on any atom is 0.253 e. The Balaban J connectivity index is 1.79. The van der Waals surface area contributed by atoms with Crippen LogP contribution >= 0.6 is 0 Å². The quantitative estimate of drug-likeness (QED) is 0.837. The van der Waals surface area contributed by atoms with E-state index in [1.807, 2.05) is 0 Å². The summed E-state index contributed by atoms with van der Waals surface area (Å²) in [6.07, 6.45) is 1.98. The summed E-state index contributed by atoms with van der Waals surface area (Å²) in [6, 6.07) is 6.58. The minimum absolute atomic E-state index is 0.0751. The largest absolute Gasteiger partial charge is 0.370 e. The molecule has 0 N–H and O–H groups in total. The summed E-state index contributed by atoms with van der Waals surface area (Å²) < 4.78 is 32.1. The molecule has 2 saturated heterocycles. The number of carbonyl (C=O) groups excluding carboxylic acids is 1. The second-order valence-corrected chi connectivity index (χ2v) is 8.14. The number of carbonyl (C=O) groups is 1. The zero-order valence-electron chi connectivity index (χ0n) is 13.3. The average Bonchev–Trinajstić information content (AvgIpc) is 2.55. The molecule has 2 fully saturated rings. The van der Waals surface area contributed by atoms with Crippen molar-refractivity contribution in [1.82, 2.24) is 4.31 Å². The van der Waals surface area contributed by atoms with Crippen LogP contribution < -0.4 is 4.90 Å². The van der Waals surface area contributed by atoms with E-state index in [1.165, 1.54) is 0 Å². The van der Waals surface area contributed by atoms with Gasteiger partial charge in [0.15, 0.2) is 0 Å². The van der Waals surface area contributed by atoms with Crippen molar-refractivity contribution >= 4 is 21.6 Å². The highest BCUT2D eigenvalue weighted by Gasteiger charge is 2.29. The summed E-state index contributed by atoms with van der Waals surface area (Å²) in [5.74, 6) is 0.292. The van der Waals surface area contributed by atoms with Crippen LogP contribution in [0.4, 0.5) is 5.69 Å². The lowest BCUT2D eigenvalue weighted by Crippen LogP contribution is -2.41. The van der Waals surface area contributed by atoms with Crippen LogP contribution in [-0.4, -0.2) is 51.5 Å². The third-order valence-corrected chi connectivity index (χ3v) is 6.27. The molecule has 1 amide bonds. The third kappa shape index (κ3) is 3.41. The molecule has 0 spiro atoms. The van der Waals surface area contributed by atoms with Gasteiger partial charge in [-0.15, -0.1) is 0 Å².